The Labute approximate surface area is 133 Å². The minimum atomic E-state index is 0.0314. The number of rotatable bonds is 7. The zero-order chi connectivity index (χ0) is 15.8. The third kappa shape index (κ3) is 5.16. The standard InChI is InChI=1S/C17H26N4O/c1-3-9-18-10-8-17(22)19-15-4-6-16(7-5-15)21-13-11-20(2)12-14-21/h3-7,18H,1,8-14H2,2H3,(H,19,22). The molecule has 1 saturated heterocycles. The number of benzene rings is 1. The molecule has 0 bridgehead atoms. The van der Waals surface area contributed by atoms with Gasteiger partial charge in [0.15, 0.2) is 0 Å². The monoisotopic (exact) mass is 302 g/mol. The molecule has 2 N–H and O–H groups in total. The van der Waals surface area contributed by atoms with Crippen LogP contribution < -0.4 is 15.5 Å². The van der Waals surface area contributed by atoms with Crippen LogP contribution in [0.15, 0.2) is 36.9 Å². The lowest BCUT2D eigenvalue weighted by Crippen LogP contribution is -2.44. The predicted molar refractivity (Wildman–Crippen MR) is 92.5 cm³/mol. The number of amides is 1. The molecular formula is C17H26N4O. The van der Waals surface area contributed by atoms with Crippen molar-refractivity contribution in [3.05, 3.63) is 36.9 Å². The molecule has 2 rings (SSSR count). The first-order valence-corrected chi connectivity index (χ1v) is 7.84. The summed E-state index contributed by atoms with van der Waals surface area (Å²) in [6, 6.07) is 8.11. The molecule has 120 valence electrons. The second-order valence-corrected chi connectivity index (χ2v) is 5.63. The van der Waals surface area contributed by atoms with Gasteiger partial charge in [-0.25, -0.2) is 0 Å². The van der Waals surface area contributed by atoms with Gasteiger partial charge in [0, 0.05) is 57.1 Å². The summed E-state index contributed by atoms with van der Waals surface area (Å²) >= 11 is 0. The average molecular weight is 302 g/mol. The number of hydrogen-bond donors (Lipinski definition) is 2. The molecule has 0 unspecified atom stereocenters. The van der Waals surface area contributed by atoms with E-state index in [4.69, 9.17) is 0 Å². The minimum Gasteiger partial charge on any atom is -0.369 e. The first kappa shape index (κ1) is 16.5. The Hall–Kier alpha value is -1.85. The van der Waals surface area contributed by atoms with E-state index in [1.807, 2.05) is 12.1 Å². The molecule has 1 amide bonds. The smallest absolute Gasteiger partial charge is 0.225 e. The van der Waals surface area contributed by atoms with Gasteiger partial charge in [-0.15, -0.1) is 6.58 Å². The first-order chi connectivity index (χ1) is 10.7. The molecular weight excluding hydrogens is 276 g/mol. The van der Waals surface area contributed by atoms with Gasteiger partial charge in [-0.1, -0.05) is 6.08 Å². The molecule has 0 atom stereocenters. The van der Waals surface area contributed by atoms with Crippen molar-refractivity contribution in [2.24, 2.45) is 0 Å². The largest absolute Gasteiger partial charge is 0.369 e. The van der Waals surface area contributed by atoms with E-state index in [2.05, 4.69) is 46.2 Å². The first-order valence-electron chi connectivity index (χ1n) is 7.84. The fourth-order valence-electron chi connectivity index (χ4n) is 2.45. The van der Waals surface area contributed by atoms with E-state index >= 15 is 0 Å². The van der Waals surface area contributed by atoms with Crippen molar-refractivity contribution in [2.75, 3.05) is 56.5 Å². The Balaban J connectivity index is 1.79. The second kappa shape index (κ2) is 8.56. The van der Waals surface area contributed by atoms with Crippen LogP contribution in [0.5, 0.6) is 0 Å². The van der Waals surface area contributed by atoms with Crippen molar-refractivity contribution >= 4 is 17.3 Å². The van der Waals surface area contributed by atoms with Gasteiger partial charge in [0.05, 0.1) is 0 Å². The summed E-state index contributed by atoms with van der Waals surface area (Å²) < 4.78 is 0. The molecule has 1 aromatic carbocycles. The van der Waals surface area contributed by atoms with Gasteiger partial charge in [-0.05, 0) is 31.3 Å². The molecule has 0 saturated carbocycles. The molecule has 0 aromatic heterocycles. The van der Waals surface area contributed by atoms with Crippen LogP contribution in [0.4, 0.5) is 11.4 Å². The van der Waals surface area contributed by atoms with E-state index in [9.17, 15) is 4.79 Å². The minimum absolute atomic E-state index is 0.0314. The molecule has 1 aliphatic rings. The highest BCUT2D eigenvalue weighted by Gasteiger charge is 2.14. The lowest BCUT2D eigenvalue weighted by atomic mass is 10.2. The average Bonchev–Trinajstić information content (AvgIpc) is 2.53. The number of carbonyl (C=O) groups excluding carboxylic acids is 1. The summed E-state index contributed by atoms with van der Waals surface area (Å²) in [6.07, 6.45) is 2.25. The van der Waals surface area contributed by atoms with Gasteiger partial charge in [0.2, 0.25) is 5.91 Å². The fourth-order valence-corrected chi connectivity index (χ4v) is 2.45. The number of nitrogens with one attached hydrogen (secondary N) is 2. The number of hydrogen-bond acceptors (Lipinski definition) is 4. The Morgan fingerprint density at radius 1 is 1.23 bits per heavy atom. The van der Waals surface area contributed by atoms with E-state index < -0.39 is 0 Å². The fraction of sp³-hybridized carbons (Fsp3) is 0.471. The van der Waals surface area contributed by atoms with Crippen molar-refractivity contribution in [2.45, 2.75) is 6.42 Å². The number of piperazine rings is 1. The highest BCUT2D eigenvalue weighted by atomic mass is 16.1. The van der Waals surface area contributed by atoms with Gasteiger partial charge in [-0.3, -0.25) is 4.79 Å². The van der Waals surface area contributed by atoms with Crippen LogP contribution in [0, 0.1) is 0 Å². The van der Waals surface area contributed by atoms with Crippen LogP contribution in [0.3, 0.4) is 0 Å². The lowest BCUT2D eigenvalue weighted by Gasteiger charge is -2.34. The van der Waals surface area contributed by atoms with E-state index in [-0.39, 0.29) is 5.91 Å². The predicted octanol–water partition coefficient (Wildman–Crippen LogP) is 1.54. The molecule has 0 spiro atoms. The summed E-state index contributed by atoms with van der Waals surface area (Å²) in [6.45, 7) is 9.31. The highest BCUT2D eigenvalue weighted by Crippen LogP contribution is 2.19. The summed E-state index contributed by atoms with van der Waals surface area (Å²) in [7, 11) is 2.15. The molecule has 1 aromatic rings. The van der Waals surface area contributed by atoms with Crippen LogP contribution in [-0.2, 0) is 4.79 Å². The Kier molecular flexibility index (Phi) is 6.43. The van der Waals surface area contributed by atoms with E-state index in [0.717, 1.165) is 38.4 Å². The topological polar surface area (TPSA) is 47.6 Å². The van der Waals surface area contributed by atoms with Crippen molar-refractivity contribution in [1.29, 1.82) is 0 Å². The number of anilines is 2. The van der Waals surface area contributed by atoms with E-state index in [1.165, 1.54) is 5.69 Å². The molecule has 5 nitrogen and oxygen atoms in total. The van der Waals surface area contributed by atoms with Crippen LogP contribution >= 0.6 is 0 Å². The van der Waals surface area contributed by atoms with E-state index in [1.54, 1.807) is 6.08 Å². The van der Waals surface area contributed by atoms with Gasteiger partial charge < -0.3 is 20.4 Å². The quantitative estimate of drug-likeness (QED) is 0.592. The third-order valence-electron chi connectivity index (χ3n) is 3.84. The van der Waals surface area contributed by atoms with Gasteiger partial charge in [0.25, 0.3) is 0 Å². The zero-order valence-electron chi connectivity index (χ0n) is 13.3. The van der Waals surface area contributed by atoms with Crippen LogP contribution in [0.1, 0.15) is 6.42 Å². The Bertz CT molecular complexity index is 478. The number of nitrogens with zero attached hydrogens (tertiary/aromatic N) is 2. The maximum Gasteiger partial charge on any atom is 0.225 e. The van der Waals surface area contributed by atoms with Gasteiger partial charge in [-0.2, -0.15) is 0 Å². The van der Waals surface area contributed by atoms with Gasteiger partial charge in [0.1, 0.15) is 0 Å². The second-order valence-electron chi connectivity index (χ2n) is 5.63. The lowest BCUT2D eigenvalue weighted by molar-refractivity contribution is -0.116. The van der Waals surface area contributed by atoms with Crippen LogP contribution in [0.2, 0.25) is 0 Å². The number of likely N-dealkylation sites (N-methyl/N-ethyl adjacent to an activating group) is 1. The summed E-state index contributed by atoms with van der Waals surface area (Å²) in [4.78, 5) is 16.5. The molecule has 22 heavy (non-hydrogen) atoms. The van der Waals surface area contributed by atoms with Crippen LogP contribution in [0.25, 0.3) is 0 Å². The normalized spacial score (nSPS) is 15.6. The maximum atomic E-state index is 11.8. The molecule has 1 heterocycles. The van der Waals surface area contributed by atoms with Crippen molar-refractivity contribution in [3.8, 4) is 0 Å². The summed E-state index contributed by atoms with van der Waals surface area (Å²) in [5, 5.41) is 6.04. The van der Waals surface area contributed by atoms with Crippen molar-refractivity contribution in [3.63, 3.8) is 0 Å². The zero-order valence-corrected chi connectivity index (χ0v) is 13.3. The molecule has 0 radical (unpaired) electrons. The Morgan fingerprint density at radius 3 is 2.55 bits per heavy atom. The summed E-state index contributed by atoms with van der Waals surface area (Å²) in [5.41, 5.74) is 2.07. The molecule has 1 fully saturated rings. The maximum absolute atomic E-state index is 11.8. The third-order valence-corrected chi connectivity index (χ3v) is 3.84. The van der Waals surface area contributed by atoms with Crippen molar-refractivity contribution in [1.82, 2.24) is 10.2 Å². The molecule has 1 aliphatic heterocycles. The van der Waals surface area contributed by atoms with E-state index in [0.29, 0.717) is 13.0 Å². The van der Waals surface area contributed by atoms with Gasteiger partial charge >= 0.3 is 0 Å². The molecule has 0 aliphatic carbocycles. The molecule has 5 heteroatoms. The van der Waals surface area contributed by atoms with Crippen molar-refractivity contribution < 1.29 is 4.79 Å². The number of carbonyl (C=O) groups is 1. The SMILES string of the molecule is C=CCNCCC(=O)Nc1ccc(N2CCN(C)CC2)cc1. The highest BCUT2D eigenvalue weighted by molar-refractivity contribution is 5.91. The Morgan fingerprint density at radius 2 is 1.91 bits per heavy atom. The summed E-state index contributed by atoms with van der Waals surface area (Å²) in [5.74, 6) is 0.0314. The van der Waals surface area contributed by atoms with Crippen LogP contribution in [-0.4, -0.2) is 57.1 Å².